The maximum atomic E-state index is 5.31. The molecular weight excluding hydrogens is 206 g/mol. The Labute approximate surface area is 105 Å². The van der Waals surface area contributed by atoms with E-state index in [1.807, 2.05) is 0 Å². The largest absolute Gasteiger partial charge is 0.311 e. The minimum absolute atomic E-state index is 0.448. The van der Waals surface area contributed by atoms with Crippen LogP contribution in [0, 0.1) is 19.3 Å². The third kappa shape index (κ3) is 3.11. The van der Waals surface area contributed by atoms with Gasteiger partial charge in [-0.05, 0) is 38.2 Å². The predicted octanol–water partition coefficient (Wildman–Crippen LogP) is 3.24. The van der Waals surface area contributed by atoms with Crippen LogP contribution in [0.15, 0.2) is 24.3 Å². The Morgan fingerprint density at radius 2 is 2.00 bits per heavy atom. The van der Waals surface area contributed by atoms with Gasteiger partial charge in [-0.15, -0.1) is 12.3 Å². The molecule has 1 unspecified atom stereocenters. The molecule has 1 nitrogen and oxygen atoms in total. The Hall–Kier alpha value is -1.26. The summed E-state index contributed by atoms with van der Waals surface area (Å²) in [6, 6.07) is 10.0. The minimum Gasteiger partial charge on any atom is -0.311 e. The molecule has 1 fully saturated rings. The highest BCUT2D eigenvalue weighted by Crippen LogP contribution is 2.37. The first-order valence-electron chi connectivity index (χ1n) is 6.45. The predicted molar refractivity (Wildman–Crippen MR) is 73.0 cm³/mol. The van der Waals surface area contributed by atoms with Crippen LogP contribution in [-0.4, -0.2) is 12.1 Å². The third-order valence-electron chi connectivity index (χ3n) is 3.63. The van der Waals surface area contributed by atoms with Crippen molar-refractivity contribution >= 4 is 0 Å². The lowest BCUT2D eigenvalue weighted by molar-refractivity contribution is 0.271. The maximum absolute atomic E-state index is 5.31. The van der Waals surface area contributed by atoms with Crippen molar-refractivity contribution in [1.82, 2.24) is 5.32 Å². The second kappa shape index (κ2) is 5.38. The highest BCUT2D eigenvalue weighted by molar-refractivity contribution is 5.26. The van der Waals surface area contributed by atoms with Gasteiger partial charge in [-0.2, -0.15) is 0 Å². The van der Waals surface area contributed by atoms with E-state index in [0.29, 0.717) is 12.1 Å². The van der Waals surface area contributed by atoms with E-state index >= 15 is 0 Å². The average Bonchev–Trinajstić information content (AvgIpc) is 2.25. The fraction of sp³-hybridized carbons (Fsp3) is 0.500. The van der Waals surface area contributed by atoms with Gasteiger partial charge in [0, 0.05) is 18.5 Å². The van der Waals surface area contributed by atoms with Crippen molar-refractivity contribution in [2.75, 3.05) is 0 Å². The molecule has 0 saturated heterocycles. The van der Waals surface area contributed by atoms with Gasteiger partial charge in [-0.25, -0.2) is 0 Å². The molecule has 1 saturated carbocycles. The highest BCUT2D eigenvalue weighted by atomic mass is 15.0. The van der Waals surface area contributed by atoms with Crippen molar-refractivity contribution < 1.29 is 0 Å². The van der Waals surface area contributed by atoms with Crippen LogP contribution in [-0.2, 0) is 0 Å². The fourth-order valence-electron chi connectivity index (χ4n) is 2.50. The quantitative estimate of drug-likeness (QED) is 0.779. The zero-order valence-corrected chi connectivity index (χ0v) is 10.7. The van der Waals surface area contributed by atoms with Crippen molar-refractivity contribution in [2.24, 2.45) is 0 Å². The monoisotopic (exact) mass is 227 g/mol. The van der Waals surface area contributed by atoms with E-state index in [4.69, 9.17) is 6.42 Å². The molecule has 0 amide bonds. The van der Waals surface area contributed by atoms with Crippen molar-refractivity contribution in [3.8, 4) is 12.3 Å². The normalized spacial score (nSPS) is 24.8. The molecule has 1 atom stereocenters. The molecule has 17 heavy (non-hydrogen) atoms. The zero-order valence-electron chi connectivity index (χ0n) is 10.7. The van der Waals surface area contributed by atoms with Crippen molar-refractivity contribution in [2.45, 2.75) is 51.1 Å². The van der Waals surface area contributed by atoms with Gasteiger partial charge >= 0.3 is 0 Å². The number of rotatable bonds is 4. The molecule has 0 heterocycles. The van der Waals surface area contributed by atoms with Crippen LogP contribution >= 0.6 is 0 Å². The Morgan fingerprint density at radius 3 is 2.59 bits per heavy atom. The van der Waals surface area contributed by atoms with Crippen LogP contribution < -0.4 is 5.32 Å². The second-order valence-corrected chi connectivity index (χ2v) is 5.25. The average molecular weight is 227 g/mol. The summed E-state index contributed by atoms with van der Waals surface area (Å²) < 4.78 is 0. The summed E-state index contributed by atoms with van der Waals surface area (Å²) >= 11 is 0. The zero-order chi connectivity index (χ0) is 12.3. The molecule has 0 spiro atoms. The lowest BCUT2D eigenvalue weighted by Gasteiger charge is -2.38. The van der Waals surface area contributed by atoms with Gasteiger partial charge in [0.25, 0.3) is 0 Å². The number of nitrogens with one attached hydrogen (secondary N) is 1. The van der Waals surface area contributed by atoms with Crippen molar-refractivity contribution in [3.63, 3.8) is 0 Å². The first-order valence-corrected chi connectivity index (χ1v) is 6.45. The molecule has 1 aliphatic rings. The molecule has 1 N–H and O–H groups in total. The van der Waals surface area contributed by atoms with Gasteiger partial charge in [-0.3, -0.25) is 0 Å². The van der Waals surface area contributed by atoms with Crippen molar-refractivity contribution in [1.29, 1.82) is 0 Å². The standard InChI is InChI=1S/C16H21N/c1-4-5-13(3)17-16-10-15(11-16)14-8-6-12(2)7-9-14/h1,6-9,13,15-17H,5,10-11H2,2-3H3. The van der Waals surface area contributed by atoms with Gasteiger partial charge in [0.05, 0.1) is 0 Å². The summed E-state index contributed by atoms with van der Waals surface area (Å²) in [6.07, 6.45) is 8.63. The summed E-state index contributed by atoms with van der Waals surface area (Å²) in [5.74, 6) is 3.45. The molecular formula is C16H21N. The SMILES string of the molecule is C#CCC(C)NC1CC(c2ccc(C)cc2)C1. The van der Waals surface area contributed by atoms with Gasteiger partial charge < -0.3 is 5.32 Å². The number of hydrogen-bond acceptors (Lipinski definition) is 1. The van der Waals surface area contributed by atoms with E-state index in [-0.39, 0.29) is 0 Å². The lowest BCUT2D eigenvalue weighted by atomic mass is 9.75. The summed E-state index contributed by atoms with van der Waals surface area (Å²) in [6.45, 7) is 4.30. The van der Waals surface area contributed by atoms with Gasteiger partial charge in [0.2, 0.25) is 0 Å². The molecule has 0 radical (unpaired) electrons. The molecule has 0 aromatic heterocycles. The fourth-order valence-corrected chi connectivity index (χ4v) is 2.50. The Bertz CT molecular complexity index is 393. The third-order valence-corrected chi connectivity index (χ3v) is 3.63. The molecule has 1 aromatic carbocycles. The Morgan fingerprint density at radius 1 is 1.35 bits per heavy atom. The first-order chi connectivity index (χ1) is 8.19. The van der Waals surface area contributed by atoms with E-state index < -0.39 is 0 Å². The Kier molecular flexibility index (Phi) is 3.86. The van der Waals surface area contributed by atoms with E-state index in [1.165, 1.54) is 24.0 Å². The summed E-state index contributed by atoms with van der Waals surface area (Å²) in [7, 11) is 0. The molecule has 2 rings (SSSR count). The van der Waals surface area contributed by atoms with E-state index in [9.17, 15) is 0 Å². The van der Waals surface area contributed by atoms with E-state index in [2.05, 4.69) is 49.4 Å². The van der Waals surface area contributed by atoms with E-state index in [0.717, 1.165) is 12.3 Å². The summed E-state index contributed by atoms with van der Waals surface area (Å²) in [5, 5.41) is 3.59. The number of terminal acetylenes is 1. The molecule has 0 aliphatic heterocycles. The molecule has 1 heteroatoms. The molecule has 90 valence electrons. The van der Waals surface area contributed by atoms with Crippen LogP contribution in [0.5, 0.6) is 0 Å². The highest BCUT2D eigenvalue weighted by Gasteiger charge is 2.30. The van der Waals surface area contributed by atoms with Crippen LogP contribution in [0.4, 0.5) is 0 Å². The van der Waals surface area contributed by atoms with Crippen molar-refractivity contribution in [3.05, 3.63) is 35.4 Å². The maximum Gasteiger partial charge on any atom is 0.0238 e. The van der Waals surface area contributed by atoms with Crippen LogP contribution in [0.3, 0.4) is 0 Å². The molecule has 0 bridgehead atoms. The van der Waals surface area contributed by atoms with Gasteiger partial charge in [0.15, 0.2) is 0 Å². The summed E-state index contributed by atoms with van der Waals surface area (Å²) in [4.78, 5) is 0. The minimum atomic E-state index is 0.448. The molecule has 1 aromatic rings. The lowest BCUT2D eigenvalue weighted by Crippen LogP contribution is -2.44. The number of aryl methyl sites for hydroxylation is 1. The first kappa shape index (κ1) is 12.2. The topological polar surface area (TPSA) is 12.0 Å². The smallest absolute Gasteiger partial charge is 0.0238 e. The molecule has 1 aliphatic carbocycles. The van der Waals surface area contributed by atoms with Crippen LogP contribution in [0.1, 0.15) is 43.2 Å². The second-order valence-electron chi connectivity index (χ2n) is 5.25. The van der Waals surface area contributed by atoms with Crippen LogP contribution in [0.2, 0.25) is 0 Å². The summed E-state index contributed by atoms with van der Waals surface area (Å²) in [5.41, 5.74) is 2.82. The van der Waals surface area contributed by atoms with Crippen LogP contribution in [0.25, 0.3) is 0 Å². The number of hydrogen-bond donors (Lipinski definition) is 1. The number of benzene rings is 1. The van der Waals surface area contributed by atoms with E-state index in [1.54, 1.807) is 0 Å². The van der Waals surface area contributed by atoms with Gasteiger partial charge in [0.1, 0.15) is 0 Å². The Balaban J connectivity index is 1.79. The van der Waals surface area contributed by atoms with Gasteiger partial charge in [-0.1, -0.05) is 29.8 Å².